The topological polar surface area (TPSA) is 12.0 Å². The second-order valence-electron chi connectivity index (χ2n) is 3.57. The van der Waals surface area contributed by atoms with Crippen molar-refractivity contribution in [3.8, 4) is 0 Å². The summed E-state index contributed by atoms with van der Waals surface area (Å²) >= 11 is 0. The maximum absolute atomic E-state index is 12.8. The van der Waals surface area contributed by atoms with Gasteiger partial charge in [-0.25, -0.2) is 8.78 Å². The number of hydrogen-bond donors (Lipinski definition) is 1. The highest BCUT2D eigenvalue weighted by Crippen LogP contribution is 2.15. The molecular formula is C12H15F2N. The van der Waals surface area contributed by atoms with E-state index in [1.165, 1.54) is 12.1 Å². The minimum atomic E-state index is -0.562. The first-order chi connectivity index (χ1) is 7.11. The summed E-state index contributed by atoms with van der Waals surface area (Å²) in [4.78, 5) is 0. The van der Waals surface area contributed by atoms with Gasteiger partial charge in [0.2, 0.25) is 0 Å². The molecule has 0 amide bonds. The number of nitrogens with one attached hydrogen (secondary N) is 1. The lowest BCUT2D eigenvalue weighted by Crippen LogP contribution is -2.14. The molecule has 1 N–H and O–H groups in total. The van der Waals surface area contributed by atoms with E-state index in [0.717, 1.165) is 18.9 Å². The molecule has 1 rings (SSSR count). The third-order valence-electron chi connectivity index (χ3n) is 2.08. The summed E-state index contributed by atoms with van der Waals surface area (Å²) in [6, 6.07) is 3.60. The highest BCUT2D eigenvalue weighted by molar-refractivity contribution is 5.44. The summed E-state index contributed by atoms with van der Waals surface area (Å²) in [6.07, 6.45) is 3.60. The maximum atomic E-state index is 12.8. The molecule has 0 unspecified atom stereocenters. The number of halogens is 2. The summed E-state index contributed by atoms with van der Waals surface area (Å²) in [7, 11) is 0. The Labute approximate surface area is 88.8 Å². The highest BCUT2D eigenvalue weighted by Gasteiger charge is 2.03. The maximum Gasteiger partial charge on any atom is 0.128 e. The van der Waals surface area contributed by atoms with Crippen molar-refractivity contribution in [2.24, 2.45) is 0 Å². The summed E-state index contributed by atoms with van der Waals surface area (Å²) < 4.78 is 25.7. The zero-order valence-corrected chi connectivity index (χ0v) is 8.76. The van der Waals surface area contributed by atoms with Crippen molar-refractivity contribution >= 4 is 5.69 Å². The van der Waals surface area contributed by atoms with Crippen LogP contribution >= 0.6 is 0 Å². The van der Waals surface area contributed by atoms with Crippen LogP contribution in [0.3, 0.4) is 0 Å². The molecule has 82 valence electrons. The van der Waals surface area contributed by atoms with Gasteiger partial charge in [-0.15, -0.1) is 6.58 Å². The molecule has 3 heteroatoms. The van der Waals surface area contributed by atoms with Gasteiger partial charge in [-0.1, -0.05) is 6.08 Å². The second kappa shape index (κ2) is 5.49. The lowest BCUT2D eigenvalue weighted by Gasteiger charge is -2.14. The molecule has 0 heterocycles. The lowest BCUT2D eigenvalue weighted by molar-refractivity contribution is 0.583. The van der Waals surface area contributed by atoms with E-state index in [1.54, 1.807) is 0 Å². The van der Waals surface area contributed by atoms with Crippen molar-refractivity contribution in [2.75, 3.05) is 5.32 Å². The van der Waals surface area contributed by atoms with E-state index < -0.39 is 11.6 Å². The Morgan fingerprint density at radius 1 is 1.33 bits per heavy atom. The molecule has 0 radical (unpaired) electrons. The molecule has 1 atom stereocenters. The fraction of sp³-hybridized carbons (Fsp3) is 0.333. The molecule has 0 aromatic heterocycles. The van der Waals surface area contributed by atoms with Crippen LogP contribution in [0.15, 0.2) is 30.9 Å². The van der Waals surface area contributed by atoms with E-state index in [-0.39, 0.29) is 6.04 Å². The van der Waals surface area contributed by atoms with E-state index >= 15 is 0 Å². The summed E-state index contributed by atoms with van der Waals surface area (Å²) in [5.74, 6) is -1.12. The Morgan fingerprint density at radius 3 is 2.47 bits per heavy atom. The van der Waals surface area contributed by atoms with Gasteiger partial charge >= 0.3 is 0 Å². The highest BCUT2D eigenvalue weighted by atomic mass is 19.1. The monoisotopic (exact) mass is 211 g/mol. The Kier molecular flexibility index (Phi) is 4.28. The predicted octanol–water partition coefficient (Wildman–Crippen LogP) is 3.73. The lowest BCUT2D eigenvalue weighted by atomic mass is 10.1. The van der Waals surface area contributed by atoms with Gasteiger partial charge in [-0.3, -0.25) is 0 Å². The zero-order chi connectivity index (χ0) is 11.3. The van der Waals surface area contributed by atoms with Crippen LogP contribution in [0.4, 0.5) is 14.5 Å². The van der Waals surface area contributed by atoms with Gasteiger partial charge in [0.25, 0.3) is 0 Å². The third kappa shape index (κ3) is 4.11. The first kappa shape index (κ1) is 11.7. The van der Waals surface area contributed by atoms with E-state index in [9.17, 15) is 8.78 Å². The third-order valence-corrected chi connectivity index (χ3v) is 2.08. The van der Waals surface area contributed by atoms with Crippen LogP contribution in [0.25, 0.3) is 0 Å². The van der Waals surface area contributed by atoms with Crippen molar-refractivity contribution in [1.29, 1.82) is 0 Å². The molecular weight excluding hydrogens is 196 g/mol. The number of rotatable bonds is 5. The fourth-order valence-corrected chi connectivity index (χ4v) is 1.36. The SMILES string of the molecule is C=CCC[C@H](C)Nc1cc(F)cc(F)c1. The number of anilines is 1. The van der Waals surface area contributed by atoms with E-state index in [4.69, 9.17) is 0 Å². The summed E-state index contributed by atoms with van der Waals surface area (Å²) in [5, 5.41) is 3.03. The zero-order valence-electron chi connectivity index (χ0n) is 8.76. The number of benzene rings is 1. The molecule has 15 heavy (non-hydrogen) atoms. The standard InChI is InChI=1S/C12H15F2N/c1-3-4-5-9(2)15-12-7-10(13)6-11(14)8-12/h3,6-9,15H,1,4-5H2,2H3/t9-/m0/s1. The van der Waals surface area contributed by atoms with Crippen molar-refractivity contribution < 1.29 is 8.78 Å². The predicted molar refractivity (Wildman–Crippen MR) is 58.9 cm³/mol. The molecule has 0 aliphatic carbocycles. The fourth-order valence-electron chi connectivity index (χ4n) is 1.36. The van der Waals surface area contributed by atoms with Crippen molar-refractivity contribution in [1.82, 2.24) is 0 Å². The normalized spacial score (nSPS) is 12.2. The smallest absolute Gasteiger partial charge is 0.128 e. The molecule has 0 saturated carbocycles. The molecule has 0 bridgehead atoms. The quantitative estimate of drug-likeness (QED) is 0.732. The van der Waals surface area contributed by atoms with E-state index in [1.807, 2.05) is 13.0 Å². The van der Waals surface area contributed by atoms with Crippen LogP contribution in [0.5, 0.6) is 0 Å². The van der Waals surface area contributed by atoms with Crippen LogP contribution in [0, 0.1) is 11.6 Å². The minimum Gasteiger partial charge on any atom is -0.382 e. The largest absolute Gasteiger partial charge is 0.382 e. The molecule has 0 spiro atoms. The molecule has 0 saturated heterocycles. The van der Waals surface area contributed by atoms with Gasteiger partial charge < -0.3 is 5.32 Å². The molecule has 1 aromatic carbocycles. The van der Waals surface area contributed by atoms with Gasteiger partial charge in [-0.05, 0) is 31.9 Å². The average Bonchev–Trinajstić information content (AvgIpc) is 2.13. The van der Waals surface area contributed by atoms with Gasteiger partial charge in [0.15, 0.2) is 0 Å². The second-order valence-corrected chi connectivity index (χ2v) is 3.57. The number of hydrogen-bond acceptors (Lipinski definition) is 1. The van der Waals surface area contributed by atoms with Crippen LogP contribution < -0.4 is 5.32 Å². The minimum absolute atomic E-state index is 0.171. The van der Waals surface area contributed by atoms with Crippen LogP contribution in [-0.4, -0.2) is 6.04 Å². The van der Waals surface area contributed by atoms with E-state index in [2.05, 4.69) is 11.9 Å². The Bertz CT molecular complexity index is 316. The Hall–Kier alpha value is -1.38. The first-order valence-electron chi connectivity index (χ1n) is 4.95. The number of allylic oxidation sites excluding steroid dienone is 1. The van der Waals surface area contributed by atoms with E-state index in [0.29, 0.717) is 5.69 Å². The molecule has 0 aliphatic heterocycles. The van der Waals surface area contributed by atoms with Gasteiger partial charge in [-0.2, -0.15) is 0 Å². The average molecular weight is 211 g/mol. The Balaban J connectivity index is 2.59. The van der Waals surface area contributed by atoms with Crippen LogP contribution in [-0.2, 0) is 0 Å². The molecule has 0 aliphatic rings. The molecule has 1 nitrogen and oxygen atoms in total. The summed E-state index contributed by atoms with van der Waals surface area (Å²) in [5.41, 5.74) is 0.476. The van der Waals surface area contributed by atoms with Crippen molar-refractivity contribution in [3.05, 3.63) is 42.5 Å². The Morgan fingerprint density at radius 2 is 1.93 bits per heavy atom. The summed E-state index contributed by atoms with van der Waals surface area (Å²) in [6.45, 7) is 5.58. The van der Waals surface area contributed by atoms with Crippen LogP contribution in [0.2, 0.25) is 0 Å². The molecule has 1 aromatic rings. The van der Waals surface area contributed by atoms with Crippen LogP contribution in [0.1, 0.15) is 19.8 Å². The van der Waals surface area contributed by atoms with Crippen molar-refractivity contribution in [2.45, 2.75) is 25.8 Å². The first-order valence-corrected chi connectivity index (χ1v) is 4.95. The van der Waals surface area contributed by atoms with Crippen molar-refractivity contribution in [3.63, 3.8) is 0 Å². The van der Waals surface area contributed by atoms with Gasteiger partial charge in [0, 0.05) is 17.8 Å². The van der Waals surface area contributed by atoms with Gasteiger partial charge in [0.1, 0.15) is 11.6 Å². The van der Waals surface area contributed by atoms with Gasteiger partial charge in [0.05, 0.1) is 0 Å². The molecule has 0 fully saturated rings.